The van der Waals surface area contributed by atoms with E-state index in [1.807, 2.05) is 11.0 Å². The van der Waals surface area contributed by atoms with Crippen molar-refractivity contribution in [3.8, 4) is 0 Å². The van der Waals surface area contributed by atoms with Crippen molar-refractivity contribution in [2.45, 2.75) is 24.4 Å². The van der Waals surface area contributed by atoms with Crippen LogP contribution in [0.3, 0.4) is 0 Å². The second kappa shape index (κ2) is 8.50. The highest BCUT2D eigenvalue weighted by Gasteiger charge is 2.21. The van der Waals surface area contributed by atoms with Crippen LogP contribution in [0, 0.1) is 5.82 Å². The van der Waals surface area contributed by atoms with Gasteiger partial charge in [-0.25, -0.2) is 4.39 Å². The number of amides is 1. The fraction of sp³-hybridized carbons (Fsp3) is 0.350. The van der Waals surface area contributed by atoms with Crippen LogP contribution in [-0.2, 0) is 17.9 Å². The van der Waals surface area contributed by atoms with Gasteiger partial charge in [-0.05, 0) is 41.6 Å². The molecule has 0 spiro atoms. The van der Waals surface area contributed by atoms with Gasteiger partial charge in [0.05, 0.1) is 0 Å². The minimum Gasteiger partial charge on any atom is -0.337 e. The Balaban J connectivity index is 1.59. The highest BCUT2D eigenvalue weighted by molar-refractivity contribution is 7.98. The molecule has 1 fully saturated rings. The van der Waals surface area contributed by atoms with Crippen molar-refractivity contribution in [1.82, 2.24) is 9.80 Å². The van der Waals surface area contributed by atoms with E-state index in [2.05, 4.69) is 35.4 Å². The third-order valence-electron chi connectivity index (χ3n) is 4.51. The van der Waals surface area contributed by atoms with Crippen LogP contribution in [-0.4, -0.2) is 41.6 Å². The van der Waals surface area contributed by atoms with E-state index in [-0.39, 0.29) is 11.7 Å². The van der Waals surface area contributed by atoms with Crippen molar-refractivity contribution >= 4 is 17.7 Å². The molecule has 1 aliphatic rings. The van der Waals surface area contributed by atoms with Crippen molar-refractivity contribution in [3.63, 3.8) is 0 Å². The van der Waals surface area contributed by atoms with Crippen LogP contribution in [0.15, 0.2) is 53.4 Å². The summed E-state index contributed by atoms with van der Waals surface area (Å²) in [6, 6.07) is 15.1. The Morgan fingerprint density at radius 3 is 2.52 bits per heavy atom. The zero-order valence-electron chi connectivity index (χ0n) is 14.5. The van der Waals surface area contributed by atoms with Crippen LogP contribution in [0.5, 0.6) is 0 Å². The number of rotatable bonds is 5. The summed E-state index contributed by atoms with van der Waals surface area (Å²) in [6.07, 6.45) is 2.58. The Bertz CT molecular complexity index is 720. The topological polar surface area (TPSA) is 23.6 Å². The third-order valence-corrected chi connectivity index (χ3v) is 5.25. The molecule has 1 heterocycles. The van der Waals surface area contributed by atoms with Gasteiger partial charge in [-0.3, -0.25) is 9.69 Å². The zero-order valence-corrected chi connectivity index (χ0v) is 15.3. The number of thioether (sulfide) groups is 1. The molecule has 132 valence electrons. The molecule has 0 bridgehead atoms. The Kier molecular flexibility index (Phi) is 6.10. The summed E-state index contributed by atoms with van der Waals surface area (Å²) in [5, 5.41) is 0. The number of benzene rings is 2. The summed E-state index contributed by atoms with van der Waals surface area (Å²) >= 11 is 1.74. The summed E-state index contributed by atoms with van der Waals surface area (Å²) in [5.41, 5.74) is 2.11. The van der Waals surface area contributed by atoms with Crippen LogP contribution >= 0.6 is 11.8 Å². The molecule has 1 aliphatic heterocycles. The highest BCUT2D eigenvalue weighted by atomic mass is 32.2. The maximum Gasteiger partial charge on any atom is 0.224 e. The van der Waals surface area contributed by atoms with Gasteiger partial charge in [0.2, 0.25) is 5.91 Å². The van der Waals surface area contributed by atoms with E-state index in [9.17, 15) is 9.18 Å². The van der Waals surface area contributed by atoms with Crippen LogP contribution < -0.4 is 0 Å². The second-order valence-corrected chi connectivity index (χ2v) is 7.20. The molecule has 0 unspecified atom stereocenters. The van der Waals surface area contributed by atoms with Gasteiger partial charge in [0.15, 0.2) is 0 Å². The van der Waals surface area contributed by atoms with Gasteiger partial charge in [0.1, 0.15) is 5.82 Å². The Morgan fingerprint density at radius 2 is 1.80 bits per heavy atom. The molecule has 5 heteroatoms. The van der Waals surface area contributed by atoms with Crippen molar-refractivity contribution in [1.29, 1.82) is 0 Å². The molecule has 0 aliphatic carbocycles. The summed E-state index contributed by atoms with van der Waals surface area (Å²) in [6.45, 7) is 3.62. The lowest BCUT2D eigenvalue weighted by Gasteiger charge is -2.22. The summed E-state index contributed by atoms with van der Waals surface area (Å²) < 4.78 is 13.3. The highest BCUT2D eigenvalue weighted by Crippen LogP contribution is 2.17. The molecule has 3 nitrogen and oxygen atoms in total. The van der Waals surface area contributed by atoms with Gasteiger partial charge < -0.3 is 4.90 Å². The molecule has 0 saturated carbocycles. The fourth-order valence-electron chi connectivity index (χ4n) is 3.08. The minimum absolute atomic E-state index is 0.143. The molecule has 0 atom stereocenters. The van der Waals surface area contributed by atoms with Crippen LogP contribution in [0.2, 0.25) is 0 Å². The van der Waals surface area contributed by atoms with E-state index in [0.29, 0.717) is 19.5 Å². The summed E-state index contributed by atoms with van der Waals surface area (Å²) in [7, 11) is 0. The first kappa shape index (κ1) is 18.0. The predicted octanol–water partition coefficient (Wildman–Crippen LogP) is 3.78. The number of hydrogen-bond donors (Lipinski definition) is 0. The van der Waals surface area contributed by atoms with Crippen LogP contribution in [0.25, 0.3) is 0 Å². The zero-order chi connectivity index (χ0) is 17.6. The monoisotopic (exact) mass is 358 g/mol. The van der Waals surface area contributed by atoms with Gasteiger partial charge in [-0.1, -0.05) is 24.3 Å². The number of nitrogens with zero attached hydrogens (tertiary/aromatic N) is 2. The van der Waals surface area contributed by atoms with Gasteiger partial charge in [-0.15, -0.1) is 11.8 Å². The molecule has 0 N–H and O–H groups in total. The summed E-state index contributed by atoms with van der Waals surface area (Å²) in [4.78, 5) is 17.8. The normalized spacial score (nSPS) is 16.1. The van der Waals surface area contributed by atoms with Gasteiger partial charge in [-0.2, -0.15) is 0 Å². The van der Waals surface area contributed by atoms with Crippen molar-refractivity contribution in [3.05, 3.63) is 65.5 Å². The smallest absolute Gasteiger partial charge is 0.224 e. The van der Waals surface area contributed by atoms with Gasteiger partial charge in [0, 0.05) is 44.0 Å². The predicted molar refractivity (Wildman–Crippen MR) is 99.9 cm³/mol. The number of carbonyl (C=O) groups is 1. The second-order valence-electron chi connectivity index (χ2n) is 6.32. The lowest BCUT2D eigenvalue weighted by Crippen LogP contribution is -2.32. The first-order valence-corrected chi connectivity index (χ1v) is 9.74. The average Bonchev–Trinajstić information content (AvgIpc) is 2.78. The first-order chi connectivity index (χ1) is 12.1. The first-order valence-electron chi connectivity index (χ1n) is 8.51. The van der Waals surface area contributed by atoms with E-state index in [4.69, 9.17) is 0 Å². The standard InChI is InChI=1S/C20H23FN2OS/c1-25-19-7-5-16(6-8-19)14-22-10-9-20(24)23(12-11-22)15-17-3-2-4-18(21)13-17/h2-8,13H,9-12,14-15H2,1H3. The van der Waals surface area contributed by atoms with Crippen molar-refractivity contribution in [2.24, 2.45) is 0 Å². The van der Waals surface area contributed by atoms with Gasteiger partial charge in [0.25, 0.3) is 0 Å². The van der Waals surface area contributed by atoms with E-state index < -0.39 is 0 Å². The summed E-state index contributed by atoms with van der Waals surface area (Å²) in [5.74, 6) is -0.112. The van der Waals surface area contributed by atoms with E-state index in [1.54, 1.807) is 17.8 Å². The molecular formula is C20H23FN2OS. The molecule has 2 aromatic carbocycles. The molecule has 25 heavy (non-hydrogen) atoms. The van der Waals surface area contributed by atoms with Crippen molar-refractivity contribution < 1.29 is 9.18 Å². The minimum atomic E-state index is -0.255. The molecule has 2 aromatic rings. The van der Waals surface area contributed by atoms with E-state index in [0.717, 1.165) is 25.2 Å². The molecule has 1 saturated heterocycles. The largest absolute Gasteiger partial charge is 0.337 e. The van der Waals surface area contributed by atoms with E-state index in [1.165, 1.54) is 22.6 Å². The van der Waals surface area contributed by atoms with Gasteiger partial charge >= 0.3 is 0 Å². The maximum atomic E-state index is 13.3. The average molecular weight is 358 g/mol. The molecule has 1 amide bonds. The Morgan fingerprint density at radius 1 is 1.00 bits per heavy atom. The quantitative estimate of drug-likeness (QED) is 0.760. The van der Waals surface area contributed by atoms with Crippen molar-refractivity contribution in [2.75, 3.05) is 25.9 Å². The number of carbonyl (C=O) groups excluding carboxylic acids is 1. The number of halogens is 1. The van der Waals surface area contributed by atoms with E-state index >= 15 is 0 Å². The molecule has 0 aromatic heterocycles. The van der Waals surface area contributed by atoms with Crippen LogP contribution in [0.4, 0.5) is 4.39 Å². The number of hydrogen-bond acceptors (Lipinski definition) is 3. The fourth-order valence-corrected chi connectivity index (χ4v) is 3.49. The lowest BCUT2D eigenvalue weighted by atomic mass is 10.2. The molecule has 3 rings (SSSR count). The SMILES string of the molecule is CSc1ccc(CN2CCC(=O)N(Cc3cccc(F)c3)CC2)cc1. The Hall–Kier alpha value is -1.85. The molecule has 0 radical (unpaired) electrons. The molecular weight excluding hydrogens is 335 g/mol. The maximum absolute atomic E-state index is 13.3. The van der Waals surface area contributed by atoms with Crippen LogP contribution in [0.1, 0.15) is 17.5 Å². The lowest BCUT2D eigenvalue weighted by molar-refractivity contribution is -0.130. The Labute approximate surface area is 152 Å². The third kappa shape index (κ3) is 5.06.